The molecule has 15 heavy (non-hydrogen) atoms. The van der Waals surface area contributed by atoms with E-state index in [0.717, 1.165) is 0 Å². The van der Waals surface area contributed by atoms with Gasteiger partial charge in [-0.15, -0.1) is 0 Å². The summed E-state index contributed by atoms with van der Waals surface area (Å²) in [5, 5.41) is 17.4. The Morgan fingerprint density at radius 1 is 1.00 bits per heavy atom. The van der Waals surface area contributed by atoms with Gasteiger partial charge < -0.3 is 15.0 Å². The number of rotatable bonds is 7. The number of aliphatic carboxylic acids is 2. The van der Waals surface area contributed by atoms with Crippen molar-refractivity contribution in [2.75, 3.05) is 0 Å². The Bertz CT molecular complexity index is 228. The van der Waals surface area contributed by atoms with Crippen LogP contribution in [0.15, 0.2) is 0 Å². The normalized spacial score (nSPS) is 11.1. The number of carboxylic acid groups (broad SMARTS) is 2. The molecular weight excluding hydrogens is 200 g/mol. The summed E-state index contributed by atoms with van der Waals surface area (Å²) >= 11 is 0. The molecular formula is C10H16O5. The summed E-state index contributed by atoms with van der Waals surface area (Å²) in [6, 6.07) is 0. The second-order valence-corrected chi connectivity index (χ2v) is 3.87. The van der Waals surface area contributed by atoms with Crippen LogP contribution in [-0.4, -0.2) is 27.9 Å². The standard InChI is InChI=1S/C10H16O5/c1-3-10(4-7(2)11,5-8(12)13)6-9(14)15/h3-6H2,1-2H3,(H,12,13)(H,14,15). The molecule has 0 fully saturated rings. The summed E-state index contributed by atoms with van der Waals surface area (Å²) in [6.45, 7) is 3.04. The highest BCUT2D eigenvalue weighted by Gasteiger charge is 2.34. The van der Waals surface area contributed by atoms with Crippen molar-refractivity contribution >= 4 is 17.7 Å². The van der Waals surface area contributed by atoms with Crippen molar-refractivity contribution in [3.63, 3.8) is 0 Å². The van der Waals surface area contributed by atoms with Gasteiger partial charge in [0.2, 0.25) is 0 Å². The first kappa shape index (κ1) is 13.6. The van der Waals surface area contributed by atoms with Crippen LogP contribution in [0.4, 0.5) is 0 Å². The van der Waals surface area contributed by atoms with Crippen LogP contribution < -0.4 is 0 Å². The van der Waals surface area contributed by atoms with Gasteiger partial charge in [0.1, 0.15) is 5.78 Å². The van der Waals surface area contributed by atoms with Crippen molar-refractivity contribution in [2.45, 2.75) is 39.5 Å². The van der Waals surface area contributed by atoms with E-state index in [1.807, 2.05) is 0 Å². The van der Waals surface area contributed by atoms with Gasteiger partial charge in [0.15, 0.2) is 0 Å². The van der Waals surface area contributed by atoms with Gasteiger partial charge in [-0.2, -0.15) is 0 Å². The quantitative estimate of drug-likeness (QED) is 0.669. The largest absolute Gasteiger partial charge is 0.481 e. The van der Waals surface area contributed by atoms with Crippen LogP contribution in [-0.2, 0) is 14.4 Å². The van der Waals surface area contributed by atoms with Crippen LogP contribution in [0.2, 0.25) is 0 Å². The van der Waals surface area contributed by atoms with E-state index in [2.05, 4.69) is 0 Å². The summed E-state index contributed by atoms with van der Waals surface area (Å²) in [5.41, 5.74) is -0.941. The highest BCUT2D eigenvalue weighted by atomic mass is 16.4. The summed E-state index contributed by atoms with van der Waals surface area (Å²) in [7, 11) is 0. The zero-order chi connectivity index (χ0) is 12.1. The van der Waals surface area contributed by atoms with E-state index in [-0.39, 0.29) is 25.0 Å². The van der Waals surface area contributed by atoms with E-state index in [9.17, 15) is 14.4 Å². The molecule has 0 aromatic carbocycles. The van der Waals surface area contributed by atoms with Crippen LogP contribution in [0, 0.1) is 5.41 Å². The molecule has 0 aliphatic heterocycles. The van der Waals surface area contributed by atoms with Gasteiger partial charge in [-0.25, -0.2) is 0 Å². The third-order valence-electron chi connectivity index (χ3n) is 2.43. The number of hydrogen-bond donors (Lipinski definition) is 2. The van der Waals surface area contributed by atoms with Crippen LogP contribution >= 0.6 is 0 Å². The van der Waals surface area contributed by atoms with Crippen molar-refractivity contribution in [1.82, 2.24) is 0 Å². The fraction of sp³-hybridized carbons (Fsp3) is 0.700. The Morgan fingerprint density at radius 3 is 1.60 bits per heavy atom. The van der Waals surface area contributed by atoms with Crippen molar-refractivity contribution in [1.29, 1.82) is 0 Å². The molecule has 0 rings (SSSR count). The maximum absolute atomic E-state index is 11.0. The van der Waals surface area contributed by atoms with E-state index in [1.54, 1.807) is 6.92 Å². The van der Waals surface area contributed by atoms with Gasteiger partial charge in [-0.1, -0.05) is 6.92 Å². The minimum Gasteiger partial charge on any atom is -0.481 e. The molecule has 5 heteroatoms. The average Bonchev–Trinajstić information content (AvgIpc) is 1.99. The lowest BCUT2D eigenvalue weighted by molar-refractivity contribution is -0.144. The van der Waals surface area contributed by atoms with Crippen molar-refractivity contribution in [2.24, 2.45) is 5.41 Å². The molecule has 5 nitrogen and oxygen atoms in total. The maximum Gasteiger partial charge on any atom is 0.303 e. The Balaban J connectivity index is 4.81. The molecule has 0 heterocycles. The predicted octanol–water partition coefficient (Wildman–Crippen LogP) is 1.31. The highest BCUT2D eigenvalue weighted by molar-refractivity contribution is 5.79. The highest BCUT2D eigenvalue weighted by Crippen LogP contribution is 2.35. The molecule has 0 atom stereocenters. The van der Waals surface area contributed by atoms with E-state index >= 15 is 0 Å². The number of Topliss-reactive ketones (excluding diaryl/α,β-unsaturated/α-hetero) is 1. The fourth-order valence-electron chi connectivity index (χ4n) is 1.73. The van der Waals surface area contributed by atoms with E-state index in [4.69, 9.17) is 10.2 Å². The Kier molecular flexibility index (Phi) is 4.97. The second kappa shape index (κ2) is 5.48. The van der Waals surface area contributed by atoms with Gasteiger partial charge >= 0.3 is 11.9 Å². The SMILES string of the molecule is CCC(CC(C)=O)(CC(=O)O)CC(=O)O. The summed E-state index contributed by atoms with van der Waals surface area (Å²) in [5.74, 6) is -2.32. The summed E-state index contributed by atoms with van der Waals surface area (Å²) in [6.07, 6.45) is -0.196. The zero-order valence-electron chi connectivity index (χ0n) is 8.95. The van der Waals surface area contributed by atoms with E-state index in [0.29, 0.717) is 6.42 Å². The first-order valence-corrected chi connectivity index (χ1v) is 4.74. The minimum atomic E-state index is -1.07. The first-order chi connectivity index (χ1) is 6.81. The maximum atomic E-state index is 11.0. The number of ketones is 1. The van der Waals surface area contributed by atoms with Crippen molar-refractivity contribution in [3.8, 4) is 0 Å². The third-order valence-corrected chi connectivity index (χ3v) is 2.43. The van der Waals surface area contributed by atoms with Gasteiger partial charge in [0, 0.05) is 6.42 Å². The van der Waals surface area contributed by atoms with Crippen molar-refractivity contribution in [3.05, 3.63) is 0 Å². The van der Waals surface area contributed by atoms with Gasteiger partial charge in [0.05, 0.1) is 12.8 Å². The monoisotopic (exact) mass is 216 g/mol. The molecule has 0 saturated carbocycles. The molecule has 86 valence electrons. The first-order valence-electron chi connectivity index (χ1n) is 4.74. The van der Waals surface area contributed by atoms with E-state index < -0.39 is 17.4 Å². The van der Waals surface area contributed by atoms with Crippen LogP contribution in [0.3, 0.4) is 0 Å². The molecule has 0 bridgehead atoms. The zero-order valence-corrected chi connectivity index (χ0v) is 8.95. The number of carboxylic acids is 2. The van der Waals surface area contributed by atoms with Crippen LogP contribution in [0.5, 0.6) is 0 Å². The summed E-state index contributed by atoms with van der Waals surface area (Å²) < 4.78 is 0. The van der Waals surface area contributed by atoms with Crippen LogP contribution in [0.25, 0.3) is 0 Å². The molecule has 0 radical (unpaired) electrons. The van der Waals surface area contributed by atoms with Crippen molar-refractivity contribution < 1.29 is 24.6 Å². The molecule has 0 aliphatic carbocycles. The topological polar surface area (TPSA) is 91.7 Å². The van der Waals surface area contributed by atoms with Gasteiger partial charge in [-0.3, -0.25) is 9.59 Å². The molecule has 0 aromatic rings. The number of carbonyl (C=O) groups excluding carboxylic acids is 1. The van der Waals surface area contributed by atoms with Crippen LogP contribution in [0.1, 0.15) is 39.5 Å². The molecule has 0 amide bonds. The van der Waals surface area contributed by atoms with Gasteiger partial charge in [-0.05, 0) is 18.8 Å². The summed E-state index contributed by atoms with van der Waals surface area (Å²) in [4.78, 5) is 32.3. The lowest BCUT2D eigenvalue weighted by Crippen LogP contribution is -2.29. The van der Waals surface area contributed by atoms with Gasteiger partial charge in [0.25, 0.3) is 0 Å². The Hall–Kier alpha value is -1.39. The molecule has 0 aliphatic rings. The molecule has 0 unspecified atom stereocenters. The lowest BCUT2D eigenvalue weighted by Gasteiger charge is -2.28. The molecule has 0 aromatic heterocycles. The number of hydrogen-bond acceptors (Lipinski definition) is 3. The average molecular weight is 216 g/mol. The fourth-order valence-corrected chi connectivity index (χ4v) is 1.73. The lowest BCUT2D eigenvalue weighted by atomic mass is 9.75. The Morgan fingerprint density at radius 2 is 1.40 bits per heavy atom. The number of carbonyl (C=O) groups is 3. The predicted molar refractivity (Wildman–Crippen MR) is 52.5 cm³/mol. The smallest absolute Gasteiger partial charge is 0.303 e. The van der Waals surface area contributed by atoms with E-state index in [1.165, 1.54) is 6.92 Å². The molecule has 2 N–H and O–H groups in total. The minimum absolute atomic E-state index is 0.00208. The second-order valence-electron chi connectivity index (χ2n) is 3.87. The Labute approximate surface area is 88.1 Å². The third kappa shape index (κ3) is 5.15. The molecule has 0 saturated heterocycles. The molecule has 0 spiro atoms.